The molecule has 7 heteroatoms. The van der Waals surface area contributed by atoms with E-state index in [9.17, 15) is 13.2 Å². The quantitative estimate of drug-likeness (QED) is 0.841. The fourth-order valence-corrected chi connectivity index (χ4v) is 3.77. The highest BCUT2D eigenvalue weighted by Gasteiger charge is 2.38. The second-order valence-electron chi connectivity index (χ2n) is 4.70. The third-order valence-electron chi connectivity index (χ3n) is 3.08. The summed E-state index contributed by atoms with van der Waals surface area (Å²) in [5.41, 5.74) is 0.688. The zero-order chi connectivity index (χ0) is 14.8. The predicted octanol–water partition coefficient (Wildman–Crippen LogP) is 0.937. The molecule has 1 aliphatic carbocycles. The lowest BCUT2D eigenvalue weighted by molar-refractivity contribution is -0.137. The van der Waals surface area contributed by atoms with Crippen LogP contribution in [-0.2, 0) is 20.6 Å². The molecular formula is C13H14N2O4S. The van der Waals surface area contributed by atoms with Gasteiger partial charge in [0, 0.05) is 6.04 Å². The fourth-order valence-electron chi connectivity index (χ4n) is 1.99. The Hall–Kier alpha value is -1.91. The molecule has 1 aromatic rings. The van der Waals surface area contributed by atoms with Crippen LogP contribution in [0.3, 0.4) is 0 Å². The van der Waals surface area contributed by atoms with Gasteiger partial charge < -0.3 is 5.11 Å². The zero-order valence-corrected chi connectivity index (χ0v) is 11.5. The van der Waals surface area contributed by atoms with E-state index in [0.29, 0.717) is 24.0 Å². The number of carboxylic acids is 1. The minimum atomic E-state index is -3.74. The largest absolute Gasteiger partial charge is 0.480 e. The van der Waals surface area contributed by atoms with Crippen molar-refractivity contribution in [3.63, 3.8) is 0 Å². The fraction of sp³-hybridized carbons (Fsp3) is 0.385. The highest BCUT2D eigenvalue weighted by Crippen LogP contribution is 2.30. The zero-order valence-electron chi connectivity index (χ0n) is 10.7. The number of aliphatic carboxylic acids is 1. The molecule has 1 N–H and O–H groups in total. The minimum absolute atomic E-state index is 0.217. The van der Waals surface area contributed by atoms with Crippen LogP contribution < -0.4 is 0 Å². The Morgan fingerprint density at radius 3 is 2.60 bits per heavy atom. The molecule has 20 heavy (non-hydrogen) atoms. The average molecular weight is 294 g/mol. The van der Waals surface area contributed by atoms with Crippen molar-refractivity contribution in [3.05, 3.63) is 35.4 Å². The molecule has 0 bridgehead atoms. The number of hydrogen-bond donors (Lipinski definition) is 1. The molecule has 0 radical (unpaired) electrons. The predicted molar refractivity (Wildman–Crippen MR) is 71.1 cm³/mol. The lowest BCUT2D eigenvalue weighted by Gasteiger charge is -2.20. The summed E-state index contributed by atoms with van der Waals surface area (Å²) in [5, 5.41) is 17.8. The third kappa shape index (κ3) is 3.35. The van der Waals surface area contributed by atoms with Crippen molar-refractivity contribution in [2.75, 3.05) is 6.54 Å². The van der Waals surface area contributed by atoms with Crippen LogP contribution in [0.25, 0.3) is 0 Å². The smallest absolute Gasteiger partial charge is 0.318 e. The average Bonchev–Trinajstić information content (AvgIpc) is 3.20. The van der Waals surface area contributed by atoms with Gasteiger partial charge in [-0.1, -0.05) is 18.2 Å². The van der Waals surface area contributed by atoms with Crippen molar-refractivity contribution in [1.29, 1.82) is 5.26 Å². The summed E-state index contributed by atoms with van der Waals surface area (Å²) < 4.78 is 25.7. The van der Waals surface area contributed by atoms with E-state index in [1.807, 2.05) is 6.07 Å². The van der Waals surface area contributed by atoms with Crippen LogP contribution in [-0.4, -0.2) is 36.4 Å². The highest BCUT2D eigenvalue weighted by molar-refractivity contribution is 7.88. The highest BCUT2D eigenvalue weighted by atomic mass is 32.2. The van der Waals surface area contributed by atoms with Crippen LogP contribution in [0.1, 0.15) is 24.0 Å². The Labute approximate surface area is 117 Å². The van der Waals surface area contributed by atoms with E-state index in [0.717, 1.165) is 4.31 Å². The number of rotatable bonds is 6. The van der Waals surface area contributed by atoms with E-state index in [4.69, 9.17) is 10.4 Å². The SMILES string of the molecule is N#Cc1ccccc1CS(=O)(=O)N(CC(=O)O)C1CC1. The van der Waals surface area contributed by atoms with Crippen LogP contribution in [0, 0.1) is 11.3 Å². The summed E-state index contributed by atoms with van der Waals surface area (Å²) in [6.45, 7) is -0.526. The van der Waals surface area contributed by atoms with Gasteiger partial charge in [-0.2, -0.15) is 9.57 Å². The van der Waals surface area contributed by atoms with Gasteiger partial charge in [0.05, 0.1) is 17.4 Å². The van der Waals surface area contributed by atoms with Gasteiger partial charge in [0.15, 0.2) is 0 Å². The normalized spacial score (nSPS) is 15.0. The maximum Gasteiger partial charge on any atom is 0.318 e. The number of carboxylic acid groups (broad SMARTS) is 1. The number of nitrogens with zero attached hydrogens (tertiary/aromatic N) is 2. The molecule has 2 rings (SSSR count). The Morgan fingerprint density at radius 1 is 1.40 bits per heavy atom. The van der Waals surface area contributed by atoms with E-state index in [1.54, 1.807) is 24.3 Å². The first kappa shape index (κ1) is 14.5. The van der Waals surface area contributed by atoms with Crippen LogP contribution in [0.2, 0.25) is 0 Å². The maximum atomic E-state index is 12.3. The standard InChI is InChI=1S/C13H14N2O4S/c14-7-10-3-1-2-4-11(10)9-20(18,19)15(8-13(16)17)12-5-6-12/h1-4,12H,5-6,8-9H2,(H,16,17). The van der Waals surface area contributed by atoms with Gasteiger partial charge in [-0.15, -0.1) is 0 Å². The number of benzene rings is 1. The second kappa shape index (κ2) is 5.61. The second-order valence-corrected chi connectivity index (χ2v) is 6.62. The first-order valence-electron chi connectivity index (χ1n) is 6.13. The van der Waals surface area contributed by atoms with Crippen molar-refractivity contribution < 1.29 is 18.3 Å². The molecule has 0 amide bonds. The first-order chi connectivity index (χ1) is 9.44. The van der Waals surface area contributed by atoms with Crippen LogP contribution >= 0.6 is 0 Å². The van der Waals surface area contributed by atoms with Gasteiger partial charge in [0.2, 0.25) is 10.0 Å². The van der Waals surface area contributed by atoms with Crippen molar-refractivity contribution in [2.24, 2.45) is 0 Å². The number of hydrogen-bond acceptors (Lipinski definition) is 4. The monoisotopic (exact) mass is 294 g/mol. The van der Waals surface area contributed by atoms with Crippen molar-refractivity contribution >= 4 is 16.0 Å². The number of carbonyl (C=O) groups is 1. The summed E-state index contributed by atoms with van der Waals surface area (Å²) in [6.07, 6.45) is 1.37. The van der Waals surface area contributed by atoms with Gasteiger partial charge in [-0.05, 0) is 24.5 Å². The van der Waals surface area contributed by atoms with Crippen molar-refractivity contribution in [3.8, 4) is 6.07 Å². The Bertz CT molecular complexity index is 659. The molecule has 0 heterocycles. The molecule has 1 saturated carbocycles. The summed E-state index contributed by atoms with van der Waals surface area (Å²) in [4.78, 5) is 10.8. The van der Waals surface area contributed by atoms with Gasteiger partial charge in [0.25, 0.3) is 0 Å². The third-order valence-corrected chi connectivity index (χ3v) is 4.90. The van der Waals surface area contributed by atoms with E-state index in [1.165, 1.54) is 0 Å². The van der Waals surface area contributed by atoms with Crippen molar-refractivity contribution in [1.82, 2.24) is 4.31 Å². The van der Waals surface area contributed by atoms with E-state index in [2.05, 4.69) is 0 Å². The lowest BCUT2D eigenvalue weighted by Crippen LogP contribution is -2.38. The summed E-state index contributed by atoms with van der Waals surface area (Å²) in [5.74, 6) is -1.52. The molecule has 1 fully saturated rings. The molecule has 0 spiro atoms. The number of sulfonamides is 1. The molecule has 0 atom stereocenters. The van der Waals surface area contributed by atoms with Gasteiger partial charge >= 0.3 is 5.97 Å². The first-order valence-corrected chi connectivity index (χ1v) is 7.74. The van der Waals surface area contributed by atoms with Crippen LogP contribution in [0.4, 0.5) is 0 Å². The Morgan fingerprint density at radius 2 is 2.05 bits per heavy atom. The van der Waals surface area contributed by atoms with Gasteiger partial charge in [-0.25, -0.2) is 8.42 Å². The topological polar surface area (TPSA) is 98.5 Å². The molecule has 0 saturated heterocycles. The Balaban J connectivity index is 2.25. The van der Waals surface area contributed by atoms with E-state index < -0.39 is 22.5 Å². The van der Waals surface area contributed by atoms with Crippen molar-refractivity contribution in [2.45, 2.75) is 24.6 Å². The lowest BCUT2D eigenvalue weighted by atomic mass is 10.1. The maximum absolute atomic E-state index is 12.3. The Kier molecular flexibility index (Phi) is 4.06. The molecule has 0 unspecified atom stereocenters. The van der Waals surface area contributed by atoms with Crippen LogP contribution in [0.15, 0.2) is 24.3 Å². The van der Waals surface area contributed by atoms with Gasteiger partial charge in [0.1, 0.15) is 6.54 Å². The molecule has 1 aromatic carbocycles. The summed E-state index contributed by atoms with van der Waals surface area (Å²) >= 11 is 0. The molecule has 0 aliphatic heterocycles. The van der Waals surface area contributed by atoms with E-state index in [-0.39, 0.29) is 11.8 Å². The molecule has 106 valence electrons. The van der Waals surface area contributed by atoms with Gasteiger partial charge in [-0.3, -0.25) is 4.79 Å². The number of nitriles is 1. The minimum Gasteiger partial charge on any atom is -0.480 e. The summed E-state index contributed by atoms with van der Waals surface area (Å²) in [7, 11) is -3.74. The van der Waals surface area contributed by atoms with Crippen LogP contribution in [0.5, 0.6) is 0 Å². The molecular weight excluding hydrogens is 280 g/mol. The molecule has 1 aliphatic rings. The molecule has 0 aromatic heterocycles. The summed E-state index contributed by atoms with van der Waals surface area (Å²) in [6, 6.07) is 8.16. The van der Waals surface area contributed by atoms with E-state index >= 15 is 0 Å². The molecule has 6 nitrogen and oxygen atoms in total.